The van der Waals surface area contributed by atoms with Crippen LogP contribution in [0.2, 0.25) is 5.15 Å². The summed E-state index contributed by atoms with van der Waals surface area (Å²) in [6.07, 6.45) is 5.21. The Morgan fingerprint density at radius 3 is 3.13 bits per heavy atom. The number of nitrogens with zero attached hydrogens (tertiary/aromatic N) is 3. The van der Waals surface area contributed by atoms with E-state index in [-0.39, 0.29) is 0 Å². The van der Waals surface area contributed by atoms with Crippen LogP contribution in [-0.2, 0) is 0 Å². The molecular formula is C10H15ClN4. The quantitative estimate of drug-likeness (QED) is 0.776. The van der Waals surface area contributed by atoms with Crippen molar-refractivity contribution in [2.24, 2.45) is 5.73 Å². The average molecular weight is 227 g/mol. The maximum atomic E-state index is 5.85. The third kappa shape index (κ3) is 2.38. The highest BCUT2D eigenvalue weighted by Crippen LogP contribution is 2.21. The minimum absolute atomic E-state index is 0.359. The van der Waals surface area contributed by atoms with Crippen LogP contribution >= 0.6 is 11.6 Å². The van der Waals surface area contributed by atoms with Crippen molar-refractivity contribution in [2.75, 3.05) is 18.0 Å². The summed E-state index contributed by atoms with van der Waals surface area (Å²) in [7, 11) is 0. The van der Waals surface area contributed by atoms with Gasteiger partial charge in [-0.1, -0.05) is 11.6 Å². The van der Waals surface area contributed by atoms with Gasteiger partial charge in [0.2, 0.25) is 5.95 Å². The molecule has 1 aromatic rings. The zero-order valence-corrected chi connectivity index (χ0v) is 9.32. The fourth-order valence-corrected chi connectivity index (χ4v) is 2.11. The molecule has 1 aliphatic rings. The van der Waals surface area contributed by atoms with Gasteiger partial charge < -0.3 is 10.6 Å². The Hall–Kier alpha value is -0.870. The highest BCUT2D eigenvalue weighted by atomic mass is 35.5. The van der Waals surface area contributed by atoms with Crippen LogP contribution in [0.15, 0.2) is 12.3 Å². The number of hydrogen-bond acceptors (Lipinski definition) is 4. The smallest absolute Gasteiger partial charge is 0.227 e. The summed E-state index contributed by atoms with van der Waals surface area (Å²) in [5.41, 5.74) is 5.74. The Labute approximate surface area is 94.5 Å². The van der Waals surface area contributed by atoms with Gasteiger partial charge >= 0.3 is 0 Å². The number of hydrogen-bond donors (Lipinski definition) is 1. The lowest BCUT2D eigenvalue weighted by molar-refractivity contribution is 0.458. The molecule has 0 aliphatic carbocycles. The predicted molar refractivity (Wildman–Crippen MR) is 61.1 cm³/mol. The molecule has 1 aromatic heterocycles. The van der Waals surface area contributed by atoms with Gasteiger partial charge in [0.15, 0.2) is 0 Å². The van der Waals surface area contributed by atoms with Gasteiger partial charge in [0.1, 0.15) is 5.15 Å². The molecule has 82 valence electrons. The molecule has 2 heterocycles. The van der Waals surface area contributed by atoms with Gasteiger partial charge in [-0.3, -0.25) is 0 Å². The van der Waals surface area contributed by atoms with Gasteiger partial charge in [-0.25, -0.2) is 9.97 Å². The molecule has 1 fully saturated rings. The SMILES string of the molecule is NC[C@@H]1CCCCN1c1nccc(Cl)n1. The maximum absolute atomic E-state index is 5.85. The fourth-order valence-electron chi connectivity index (χ4n) is 1.97. The van der Waals surface area contributed by atoms with Crippen molar-refractivity contribution in [1.29, 1.82) is 0 Å². The van der Waals surface area contributed by atoms with Crippen LogP contribution in [-0.4, -0.2) is 29.1 Å². The molecule has 0 bridgehead atoms. The summed E-state index contributed by atoms with van der Waals surface area (Å²) in [5.74, 6) is 0.706. The second-order valence-corrected chi connectivity index (χ2v) is 4.15. The lowest BCUT2D eigenvalue weighted by atomic mass is 10.0. The normalized spacial score (nSPS) is 21.7. The second kappa shape index (κ2) is 4.77. The average Bonchev–Trinajstić information content (AvgIpc) is 2.29. The molecule has 2 N–H and O–H groups in total. The first-order chi connectivity index (χ1) is 7.31. The molecule has 0 amide bonds. The lowest BCUT2D eigenvalue weighted by Gasteiger charge is -2.34. The van der Waals surface area contributed by atoms with Gasteiger partial charge in [0, 0.05) is 25.3 Å². The Bertz CT molecular complexity index is 331. The summed E-state index contributed by atoms with van der Waals surface area (Å²) >= 11 is 5.85. The molecule has 1 atom stereocenters. The molecular weight excluding hydrogens is 212 g/mol. The molecule has 0 spiro atoms. The predicted octanol–water partition coefficient (Wildman–Crippen LogP) is 1.45. The zero-order chi connectivity index (χ0) is 10.7. The summed E-state index contributed by atoms with van der Waals surface area (Å²) < 4.78 is 0. The van der Waals surface area contributed by atoms with Crippen molar-refractivity contribution in [2.45, 2.75) is 25.3 Å². The number of rotatable bonds is 2. The number of piperidine rings is 1. The maximum Gasteiger partial charge on any atom is 0.227 e. The topological polar surface area (TPSA) is 55.0 Å². The number of halogens is 1. The summed E-state index contributed by atoms with van der Waals surface area (Å²) in [4.78, 5) is 10.6. The summed E-state index contributed by atoms with van der Waals surface area (Å²) in [6, 6.07) is 2.05. The molecule has 15 heavy (non-hydrogen) atoms. The third-order valence-electron chi connectivity index (χ3n) is 2.76. The van der Waals surface area contributed by atoms with E-state index in [1.807, 2.05) is 0 Å². The van der Waals surface area contributed by atoms with Crippen LogP contribution in [0.25, 0.3) is 0 Å². The first kappa shape index (κ1) is 10.6. The van der Waals surface area contributed by atoms with Crippen LogP contribution in [0, 0.1) is 0 Å². The van der Waals surface area contributed by atoms with E-state index >= 15 is 0 Å². The largest absolute Gasteiger partial charge is 0.337 e. The van der Waals surface area contributed by atoms with E-state index in [1.54, 1.807) is 12.3 Å². The van der Waals surface area contributed by atoms with E-state index < -0.39 is 0 Å². The molecule has 0 radical (unpaired) electrons. The van der Waals surface area contributed by atoms with Crippen LogP contribution in [0.4, 0.5) is 5.95 Å². The van der Waals surface area contributed by atoms with Gasteiger partial charge in [0.25, 0.3) is 0 Å². The molecule has 1 aliphatic heterocycles. The molecule has 4 nitrogen and oxygen atoms in total. The first-order valence-electron chi connectivity index (χ1n) is 5.26. The van der Waals surface area contributed by atoms with Gasteiger partial charge in [0.05, 0.1) is 0 Å². The highest BCUT2D eigenvalue weighted by molar-refractivity contribution is 6.29. The van der Waals surface area contributed by atoms with Crippen molar-refractivity contribution in [1.82, 2.24) is 9.97 Å². The molecule has 5 heteroatoms. The summed E-state index contributed by atoms with van der Waals surface area (Å²) in [5, 5.41) is 0.487. The van der Waals surface area contributed by atoms with Crippen molar-refractivity contribution in [3.63, 3.8) is 0 Å². The molecule has 2 rings (SSSR count). The van der Waals surface area contributed by atoms with Crippen LogP contribution in [0.5, 0.6) is 0 Å². The third-order valence-corrected chi connectivity index (χ3v) is 2.98. The van der Waals surface area contributed by atoms with Crippen molar-refractivity contribution >= 4 is 17.5 Å². The Kier molecular flexibility index (Phi) is 3.38. The molecule has 0 unspecified atom stereocenters. The summed E-state index contributed by atoms with van der Waals surface area (Å²) in [6.45, 7) is 1.62. The Morgan fingerprint density at radius 1 is 1.53 bits per heavy atom. The monoisotopic (exact) mass is 226 g/mol. The van der Waals surface area contributed by atoms with Gasteiger partial charge in [-0.05, 0) is 25.3 Å². The van der Waals surface area contributed by atoms with Crippen molar-refractivity contribution in [3.05, 3.63) is 17.4 Å². The first-order valence-corrected chi connectivity index (χ1v) is 5.64. The minimum atomic E-state index is 0.359. The van der Waals surface area contributed by atoms with E-state index in [4.69, 9.17) is 17.3 Å². The van der Waals surface area contributed by atoms with Crippen LogP contribution in [0.3, 0.4) is 0 Å². The number of aromatic nitrogens is 2. The van der Waals surface area contributed by atoms with E-state index in [1.165, 1.54) is 12.8 Å². The van der Waals surface area contributed by atoms with E-state index in [0.29, 0.717) is 23.7 Å². The Morgan fingerprint density at radius 2 is 2.40 bits per heavy atom. The number of nitrogens with two attached hydrogens (primary N) is 1. The van der Waals surface area contributed by atoms with Crippen LogP contribution in [0.1, 0.15) is 19.3 Å². The Balaban J connectivity index is 2.20. The van der Waals surface area contributed by atoms with Gasteiger partial charge in [-0.2, -0.15) is 0 Å². The van der Waals surface area contributed by atoms with Crippen molar-refractivity contribution < 1.29 is 0 Å². The standard InChI is InChI=1S/C10H15ClN4/c11-9-4-5-13-10(14-9)15-6-2-1-3-8(15)7-12/h4-5,8H,1-3,6-7,12H2/t8-/m0/s1. The highest BCUT2D eigenvalue weighted by Gasteiger charge is 2.23. The van der Waals surface area contributed by atoms with Crippen molar-refractivity contribution in [3.8, 4) is 0 Å². The minimum Gasteiger partial charge on any atom is -0.337 e. The second-order valence-electron chi connectivity index (χ2n) is 3.76. The number of anilines is 1. The lowest BCUT2D eigenvalue weighted by Crippen LogP contribution is -2.45. The van der Waals surface area contributed by atoms with Crippen LogP contribution < -0.4 is 10.6 Å². The molecule has 0 saturated carbocycles. The van der Waals surface area contributed by atoms with E-state index in [9.17, 15) is 0 Å². The fraction of sp³-hybridized carbons (Fsp3) is 0.600. The molecule has 1 saturated heterocycles. The van der Waals surface area contributed by atoms with E-state index in [0.717, 1.165) is 13.0 Å². The molecule has 0 aromatic carbocycles. The zero-order valence-electron chi connectivity index (χ0n) is 8.56. The van der Waals surface area contributed by atoms with Gasteiger partial charge in [-0.15, -0.1) is 0 Å². The van der Waals surface area contributed by atoms with E-state index in [2.05, 4.69) is 14.9 Å².